The predicted molar refractivity (Wildman–Crippen MR) is 87.1 cm³/mol. The molecule has 1 aromatic heterocycles. The van der Waals surface area contributed by atoms with E-state index >= 15 is 0 Å². The van der Waals surface area contributed by atoms with Crippen LogP contribution in [0.1, 0.15) is 30.2 Å². The second kappa shape index (κ2) is 7.67. The Kier molecular flexibility index (Phi) is 5.89. The van der Waals surface area contributed by atoms with Gasteiger partial charge in [0.25, 0.3) is 0 Å². The Hall–Kier alpha value is -1.03. The van der Waals surface area contributed by atoms with Crippen molar-refractivity contribution in [3.8, 4) is 5.75 Å². The number of ether oxygens (including phenoxy) is 1. The number of nitrogens with one attached hydrogen (secondary N) is 1. The molecule has 0 unspecified atom stereocenters. The molecule has 0 saturated heterocycles. The van der Waals surface area contributed by atoms with Crippen molar-refractivity contribution in [2.45, 2.75) is 26.3 Å². The monoisotopic (exact) mass is 309 g/mol. The Morgan fingerprint density at radius 2 is 1.90 bits per heavy atom. The molecule has 0 fully saturated rings. The number of halogens is 1. The zero-order valence-electron chi connectivity index (χ0n) is 11.9. The highest BCUT2D eigenvalue weighted by atomic mass is 35.5. The molecule has 0 amide bonds. The molecule has 1 heterocycles. The van der Waals surface area contributed by atoms with Gasteiger partial charge < -0.3 is 10.1 Å². The van der Waals surface area contributed by atoms with Crippen LogP contribution in [0.15, 0.2) is 36.4 Å². The summed E-state index contributed by atoms with van der Waals surface area (Å²) in [4.78, 5) is 1.25. The van der Waals surface area contributed by atoms with Gasteiger partial charge >= 0.3 is 0 Å². The molecule has 0 radical (unpaired) electrons. The molecule has 0 aliphatic carbocycles. The molecule has 0 atom stereocenters. The zero-order chi connectivity index (χ0) is 14.4. The number of hydrogen-bond acceptors (Lipinski definition) is 3. The lowest BCUT2D eigenvalue weighted by molar-refractivity contribution is 0.314. The van der Waals surface area contributed by atoms with Crippen molar-refractivity contribution in [2.75, 3.05) is 13.2 Å². The van der Waals surface area contributed by atoms with Crippen LogP contribution < -0.4 is 10.1 Å². The van der Waals surface area contributed by atoms with Crippen LogP contribution in [0.5, 0.6) is 5.75 Å². The number of benzene rings is 1. The third-order valence-electron chi connectivity index (χ3n) is 3.02. The van der Waals surface area contributed by atoms with Crippen LogP contribution >= 0.6 is 22.9 Å². The lowest BCUT2D eigenvalue weighted by Crippen LogP contribution is -2.20. The summed E-state index contributed by atoms with van der Waals surface area (Å²) in [5, 5.41) is 3.34. The summed E-state index contributed by atoms with van der Waals surface area (Å²) in [6.45, 7) is 6.71. The van der Waals surface area contributed by atoms with Crippen molar-refractivity contribution in [3.05, 3.63) is 51.2 Å². The highest BCUT2D eigenvalue weighted by Crippen LogP contribution is 2.21. The van der Waals surface area contributed by atoms with Gasteiger partial charge in [-0.3, -0.25) is 0 Å². The topological polar surface area (TPSA) is 21.3 Å². The van der Waals surface area contributed by atoms with E-state index in [0.717, 1.165) is 23.2 Å². The normalized spacial score (nSPS) is 11.0. The summed E-state index contributed by atoms with van der Waals surface area (Å²) in [7, 11) is 0. The summed E-state index contributed by atoms with van der Waals surface area (Å²) in [6, 6.07) is 12.3. The van der Waals surface area contributed by atoms with Crippen molar-refractivity contribution in [1.82, 2.24) is 5.32 Å². The maximum absolute atomic E-state index is 5.88. The van der Waals surface area contributed by atoms with E-state index in [4.69, 9.17) is 16.3 Å². The fraction of sp³-hybridized carbons (Fsp3) is 0.375. The van der Waals surface area contributed by atoms with Gasteiger partial charge in [-0.1, -0.05) is 37.6 Å². The second-order valence-electron chi connectivity index (χ2n) is 4.95. The zero-order valence-corrected chi connectivity index (χ0v) is 13.4. The van der Waals surface area contributed by atoms with E-state index in [1.54, 1.807) is 11.3 Å². The first-order valence-electron chi connectivity index (χ1n) is 6.83. The van der Waals surface area contributed by atoms with E-state index in [-0.39, 0.29) is 0 Å². The van der Waals surface area contributed by atoms with Crippen LogP contribution in [-0.4, -0.2) is 13.2 Å². The van der Waals surface area contributed by atoms with E-state index in [0.29, 0.717) is 12.5 Å². The molecule has 20 heavy (non-hydrogen) atoms. The largest absolute Gasteiger partial charge is 0.492 e. The van der Waals surface area contributed by atoms with Crippen molar-refractivity contribution in [2.24, 2.45) is 0 Å². The summed E-state index contributed by atoms with van der Waals surface area (Å²) >= 11 is 7.49. The van der Waals surface area contributed by atoms with Gasteiger partial charge in [0, 0.05) is 18.0 Å². The summed E-state index contributed by atoms with van der Waals surface area (Å²) in [5.74, 6) is 1.48. The van der Waals surface area contributed by atoms with Gasteiger partial charge in [0.1, 0.15) is 12.4 Å². The lowest BCUT2D eigenvalue weighted by atomic mass is 10.0. The SMILES string of the molecule is CC(C)c1ccc(OCCNCc2ccc(Cl)s2)cc1. The molecular weight excluding hydrogens is 290 g/mol. The van der Waals surface area contributed by atoms with Crippen LogP contribution in [0.3, 0.4) is 0 Å². The van der Waals surface area contributed by atoms with Crippen molar-refractivity contribution in [1.29, 1.82) is 0 Å². The Bertz CT molecular complexity index is 522. The van der Waals surface area contributed by atoms with Crippen molar-refractivity contribution >= 4 is 22.9 Å². The molecule has 2 rings (SSSR count). The Morgan fingerprint density at radius 3 is 2.50 bits per heavy atom. The molecule has 0 spiro atoms. The van der Waals surface area contributed by atoms with Crippen molar-refractivity contribution in [3.63, 3.8) is 0 Å². The molecule has 1 aromatic carbocycles. The van der Waals surface area contributed by atoms with E-state index < -0.39 is 0 Å². The summed E-state index contributed by atoms with van der Waals surface area (Å²) in [6.07, 6.45) is 0. The smallest absolute Gasteiger partial charge is 0.119 e. The average Bonchev–Trinajstić information content (AvgIpc) is 2.84. The predicted octanol–water partition coefficient (Wildman–Crippen LogP) is 4.69. The minimum atomic E-state index is 0.559. The molecule has 2 nitrogen and oxygen atoms in total. The van der Waals surface area contributed by atoms with Gasteiger partial charge in [-0.2, -0.15) is 0 Å². The van der Waals surface area contributed by atoms with E-state index in [2.05, 4.69) is 31.3 Å². The van der Waals surface area contributed by atoms with Crippen molar-refractivity contribution < 1.29 is 4.74 Å². The third kappa shape index (κ3) is 4.82. The van der Waals surface area contributed by atoms with Gasteiger partial charge in [-0.15, -0.1) is 11.3 Å². The Labute approximate surface area is 129 Å². The fourth-order valence-corrected chi connectivity index (χ4v) is 2.91. The summed E-state index contributed by atoms with van der Waals surface area (Å²) in [5.41, 5.74) is 1.34. The van der Waals surface area contributed by atoms with E-state index in [1.807, 2.05) is 24.3 Å². The number of rotatable bonds is 7. The summed E-state index contributed by atoms with van der Waals surface area (Å²) < 4.78 is 6.54. The standard InChI is InChI=1S/C16H20ClNOS/c1-12(2)13-3-5-14(6-4-13)19-10-9-18-11-15-7-8-16(17)20-15/h3-8,12,18H,9-11H2,1-2H3. The lowest BCUT2D eigenvalue weighted by Gasteiger charge is -2.09. The maximum Gasteiger partial charge on any atom is 0.119 e. The van der Waals surface area contributed by atoms with Crippen LogP contribution in [0.25, 0.3) is 0 Å². The van der Waals surface area contributed by atoms with Crippen LogP contribution in [0.4, 0.5) is 0 Å². The second-order valence-corrected chi connectivity index (χ2v) is 6.75. The van der Waals surface area contributed by atoms with Gasteiger partial charge in [0.15, 0.2) is 0 Å². The Balaban J connectivity index is 1.65. The first kappa shape index (κ1) is 15.4. The quantitative estimate of drug-likeness (QED) is 0.749. The highest BCUT2D eigenvalue weighted by molar-refractivity contribution is 7.16. The van der Waals surface area contributed by atoms with Crippen LogP contribution in [0.2, 0.25) is 4.34 Å². The fourth-order valence-electron chi connectivity index (χ4n) is 1.85. The maximum atomic E-state index is 5.88. The van der Waals surface area contributed by atoms with E-state index in [1.165, 1.54) is 10.4 Å². The average molecular weight is 310 g/mol. The molecule has 1 N–H and O–H groups in total. The van der Waals surface area contributed by atoms with Gasteiger partial charge in [0.05, 0.1) is 4.34 Å². The van der Waals surface area contributed by atoms with Gasteiger partial charge in [-0.05, 0) is 35.7 Å². The molecule has 4 heteroatoms. The molecular formula is C16H20ClNOS. The first-order valence-corrected chi connectivity index (χ1v) is 8.02. The van der Waals surface area contributed by atoms with Crippen LogP contribution in [-0.2, 0) is 6.54 Å². The molecule has 0 aliphatic rings. The molecule has 0 saturated carbocycles. The first-order chi connectivity index (χ1) is 9.65. The van der Waals surface area contributed by atoms with Gasteiger partial charge in [-0.25, -0.2) is 0 Å². The number of thiophene rings is 1. The molecule has 108 valence electrons. The molecule has 2 aromatic rings. The number of hydrogen-bond donors (Lipinski definition) is 1. The van der Waals surface area contributed by atoms with E-state index in [9.17, 15) is 0 Å². The minimum absolute atomic E-state index is 0.559. The van der Waals surface area contributed by atoms with Crippen LogP contribution in [0, 0.1) is 0 Å². The Morgan fingerprint density at radius 1 is 1.15 bits per heavy atom. The third-order valence-corrected chi connectivity index (χ3v) is 4.25. The molecule has 0 aliphatic heterocycles. The minimum Gasteiger partial charge on any atom is -0.492 e. The van der Waals surface area contributed by atoms with Gasteiger partial charge in [0.2, 0.25) is 0 Å². The molecule has 0 bridgehead atoms. The highest BCUT2D eigenvalue weighted by Gasteiger charge is 2.00.